The zero-order valence-corrected chi connectivity index (χ0v) is 19.4. The molecule has 162 valence electrons. The van der Waals surface area contributed by atoms with Gasteiger partial charge in [0.25, 0.3) is 0 Å². The van der Waals surface area contributed by atoms with E-state index in [4.69, 9.17) is 19.2 Å². The molecule has 1 saturated heterocycles. The van der Waals surface area contributed by atoms with Crippen molar-refractivity contribution >= 4 is 35.9 Å². The first kappa shape index (κ1) is 23.7. The Morgan fingerprint density at radius 2 is 2.21 bits per heavy atom. The fourth-order valence-electron chi connectivity index (χ4n) is 3.75. The smallest absolute Gasteiger partial charge is 0.310 e. The molecule has 1 aromatic carbocycles. The number of methoxy groups -OCH3 is 1. The molecule has 1 fully saturated rings. The SMILES string of the molecule is CCNC(=NCCc1cc(F)cc2c1OCOC2)N1CC(C)C(C(=O)OC)C1.I. The van der Waals surface area contributed by atoms with Crippen molar-refractivity contribution in [1.29, 1.82) is 0 Å². The van der Waals surface area contributed by atoms with Crippen LogP contribution in [0.3, 0.4) is 0 Å². The van der Waals surface area contributed by atoms with Crippen LogP contribution in [0.4, 0.5) is 4.39 Å². The predicted molar refractivity (Wildman–Crippen MR) is 118 cm³/mol. The average Bonchev–Trinajstić information content (AvgIpc) is 3.08. The summed E-state index contributed by atoms with van der Waals surface area (Å²) in [6.45, 7) is 7.10. The highest BCUT2D eigenvalue weighted by atomic mass is 127. The Hall–Kier alpha value is -1.62. The lowest BCUT2D eigenvalue weighted by molar-refractivity contribution is -0.145. The van der Waals surface area contributed by atoms with Crippen molar-refractivity contribution < 1.29 is 23.4 Å². The number of halogens is 2. The molecule has 2 aliphatic heterocycles. The highest BCUT2D eigenvalue weighted by Crippen LogP contribution is 2.30. The standard InChI is InChI=1S/C20H28FN3O4.HI/c1-4-22-20(24-9-13(2)17(10-24)19(25)26-3)23-6-5-14-7-16(21)8-15-11-27-12-28-18(14)15;/h7-8,13,17H,4-6,9-12H2,1-3H3,(H,22,23);1H. The van der Waals surface area contributed by atoms with Gasteiger partial charge < -0.3 is 24.4 Å². The molecule has 0 saturated carbocycles. The number of ether oxygens (including phenoxy) is 3. The quantitative estimate of drug-likeness (QED) is 0.278. The van der Waals surface area contributed by atoms with Gasteiger partial charge in [0.2, 0.25) is 0 Å². The van der Waals surface area contributed by atoms with Gasteiger partial charge in [0.1, 0.15) is 11.6 Å². The summed E-state index contributed by atoms with van der Waals surface area (Å²) < 4.78 is 29.6. The maximum absolute atomic E-state index is 13.9. The zero-order valence-electron chi connectivity index (χ0n) is 17.1. The Morgan fingerprint density at radius 1 is 1.41 bits per heavy atom. The molecule has 1 N–H and O–H groups in total. The van der Waals surface area contributed by atoms with Crippen LogP contribution in [0.2, 0.25) is 0 Å². The maximum Gasteiger partial charge on any atom is 0.310 e. The summed E-state index contributed by atoms with van der Waals surface area (Å²) in [5.74, 6) is 1.02. The number of nitrogens with zero attached hydrogens (tertiary/aromatic N) is 2. The molecule has 9 heteroatoms. The number of guanidine groups is 1. The normalized spacial score (nSPS) is 21.1. The van der Waals surface area contributed by atoms with Crippen LogP contribution in [0.25, 0.3) is 0 Å². The molecular weight excluding hydrogens is 492 g/mol. The number of nitrogens with one attached hydrogen (secondary N) is 1. The molecule has 2 aliphatic rings. The monoisotopic (exact) mass is 521 g/mol. The third kappa shape index (κ3) is 5.71. The van der Waals surface area contributed by atoms with Crippen molar-refractivity contribution in [2.24, 2.45) is 16.8 Å². The number of carbonyl (C=O) groups is 1. The van der Waals surface area contributed by atoms with Crippen LogP contribution < -0.4 is 10.1 Å². The second kappa shape index (κ2) is 11.0. The third-order valence-corrected chi connectivity index (χ3v) is 5.15. The second-order valence-corrected chi connectivity index (χ2v) is 7.16. The third-order valence-electron chi connectivity index (χ3n) is 5.15. The van der Waals surface area contributed by atoms with Gasteiger partial charge in [-0.15, -0.1) is 24.0 Å². The van der Waals surface area contributed by atoms with Gasteiger partial charge in [-0.2, -0.15) is 0 Å². The first-order valence-electron chi connectivity index (χ1n) is 9.66. The van der Waals surface area contributed by atoms with E-state index in [-0.39, 0.29) is 54.4 Å². The number of hydrogen-bond donors (Lipinski definition) is 1. The summed E-state index contributed by atoms with van der Waals surface area (Å²) in [6, 6.07) is 2.95. The van der Waals surface area contributed by atoms with Crippen LogP contribution in [0.15, 0.2) is 17.1 Å². The summed E-state index contributed by atoms with van der Waals surface area (Å²) in [5, 5.41) is 3.28. The van der Waals surface area contributed by atoms with E-state index in [0.29, 0.717) is 31.9 Å². The fourth-order valence-corrected chi connectivity index (χ4v) is 3.75. The van der Waals surface area contributed by atoms with Crippen molar-refractivity contribution in [3.05, 3.63) is 29.1 Å². The number of rotatable bonds is 5. The van der Waals surface area contributed by atoms with Crippen LogP contribution in [-0.2, 0) is 27.3 Å². The lowest BCUT2D eigenvalue weighted by Gasteiger charge is -2.22. The van der Waals surface area contributed by atoms with Crippen LogP contribution in [0, 0.1) is 17.7 Å². The van der Waals surface area contributed by atoms with Crippen molar-refractivity contribution in [1.82, 2.24) is 10.2 Å². The van der Waals surface area contributed by atoms with Gasteiger partial charge >= 0.3 is 5.97 Å². The number of carbonyl (C=O) groups excluding carboxylic acids is 1. The minimum atomic E-state index is -0.298. The summed E-state index contributed by atoms with van der Waals surface area (Å²) >= 11 is 0. The summed E-state index contributed by atoms with van der Waals surface area (Å²) in [5.41, 5.74) is 1.52. The second-order valence-electron chi connectivity index (χ2n) is 7.16. The van der Waals surface area contributed by atoms with E-state index < -0.39 is 0 Å². The van der Waals surface area contributed by atoms with Crippen LogP contribution in [-0.4, -0.2) is 56.9 Å². The molecule has 0 radical (unpaired) electrons. The molecule has 2 heterocycles. The molecular formula is C20H29FIN3O4. The molecule has 0 aromatic heterocycles. The van der Waals surface area contributed by atoms with Crippen molar-refractivity contribution in [2.45, 2.75) is 26.9 Å². The molecule has 3 rings (SSSR count). The zero-order chi connectivity index (χ0) is 20.1. The molecule has 7 nitrogen and oxygen atoms in total. The van der Waals surface area contributed by atoms with E-state index in [9.17, 15) is 9.18 Å². The molecule has 0 spiro atoms. The number of fused-ring (bicyclic) bond motifs is 1. The van der Waals surface area contributed by atoms with Crippen molar-refractivity contribution in [2.75, 3.05) is 40.1 Å². The van der Waals surface area contributed by atoms with Gasteiger partial charge in [-0.1, -0.05) is 6.92 Å². The van der Waals surface area contributed by atoms with E-state index in [1.54, 1.807) is 0 Å². The van der Waals surface area contributed by atoms with Gasteiger partial charge in [-0.25, -0.2) is 4.39 Å². The predicted octanol–water partition coefficient (Wildman–Crippen LogP) is 2.56. The molecule has 2 unspecified atom stereocenters. The van der Waals surface area contributed by atoms with Crippen molar-refractivity contribution in [3.63, 3.8) is 0 Å². The lowest BCUT2D eigenvalue weighted by atomic mass is 9.99. The fraction of sp³-hybridized carbons (Fsp3) is 0.600. The van der Waals surface area contributed by atoms with Gasteiger partial charge in [0.15, 0.2) is 12.8 Å². The first-order valence-corrected chi connectivity index (χ1v) is 9.66. The van der Waals surface area contributed by atoms with Gasteiger partial charge in [-0.3, -0.25) is 9.79 Å². The summed E-state index contributed by atoms with van der Waals surface area (Å²) in [4.78, 5) is 18.7. The molecule has 29 heavy (non-hydrogen) atoms. The van der Waals surface area contributed by atoms with E-state index in [0.717, 1.165) is 30.2 Å². The van der Waals surface area contributed by atoms with E-state index in [1.165, 1.54) is 19.2 Å². The lowest BCUT2D eigenvalue weighted by Crippen LogP contribution is -2.40. The van der Waals surface area contributed by atoms with E-state index in [2.05, 4.69) is 10.2 Å². The topological polar surface area (TPSA) is 72.4 Å². The minimum Gasteiger partial charge on any atom is -0.469 e. The number of likely N-dealkylation sites (tertiary alicyclic amines) is 1. The summed E-state index contributed by atoms with van der Waals surface area (Å²) in [7, 11) is 1.42. The van der Waals surface area contributed by atoms with Crippen LogP contribution in [0.1, 0.15) is 25.0 Å². The molecule has 0 aliphatic carbocycles. The van der Waals surface area contributed by atoms with E-state index >= 15 is 0 Å². The Balaban J connectivity index is 0.00000300. The summed E-state index contributed by atoms with van der Waals surface area (Å²) in [6.07, 6.45) is 0.554. The number of aliphatic imine (C=N–C) groups is 1. The average molecular weight is 521 g/mol. The number of hydrogen-bond acceptors (Lipinski definition) is 5. The molecule has 0 bridgehead atoms. The maximum atomic E-state index is 13.9. The van der Waals surface area contributed by atoms with Gasteiger partial charge in [0, 0.05) is 31.7 Å². The first-order chi connectivity index (χ1) is 13.5. The molecule has 0 amide bonds. The Morgan fingerprint density at radius 3 is 2.93 bits per heavy atom. The van der Waals surface area contributed by atoms with Gasteiger partial charge in [-0.05, 0) is 37.0 Å². The van der Waals surface area contributed by atoms with Crippen molar-refractivity contribution in [3.8, 4) is 5.75 Å². The minimum absolute atomic E-state index is 0. The highest BCUT2D eigenvalue weighted by Gasteiger charge is 2.36. The Kier molecular flexibility index (Phi) is 8.94. The Labute approximate surface area is 188 Å². The molecule has 2 atom stereocenters. The van der Waals surface area contributed by atoms with Crippen LogP contribution in [0.5, 0.6) is 5.75 Å². The number of benzene rings is 1. The van der Waals surface area contributed by atoms with Crippen LogP contribution >= 0.6 is 24.0 Å². The highest BCUT2D eigenvalue weighted by molar-refractivity contribution is 14.0. The number of esters is 1. The van der Waals surface area contributed by atoms with E-state index in [1.807, 2.05) is 13.8 Å². The molecule has 1 aromatic rings. The largest absolute Gasteiger partial charge is 0.469 e. The Bertz CT molecular complexity index is 747. The van der Waals surface area contributed by atoms with Gasteiger partial charge in [0.05, 0.1) is 19.6 Å².